The number of aliphatic carboxylic acids is 1. The first kappa shape index (κ1) is 17.9. The van der Waals surface area contributed by atoms with Crippen LogP contribution in [-0.2, 0) is 34.3 Å². The average Bonchev–Trinajstić information content (AvgIpc) is 3.10. The molecular weight excluding hydrogens is 372 g/mol. The van der Waals surface area contributed by atoms with Gasteiger partial charge in [-0.3, -0.25) is 4.79 Å². The highest BCUT2D eigenvalue weighted by Crippen LogP contribution is 2.37. The largest absolute Gasteiger partial charge is 0.487 e. The molecule has 0 amide bonds. The Morgan fingerprint density at radius 3 is 2.78 bits per heavy atom. The van der Waals surface area contributed by atoms with Crippen molar-refractivity contribution in [1.82, 2.24) is 19.1 Å². The van der Waals surface area contributed by atoms with Gasteiger partial charge in [-0.1, -0.05) is 0 Å². The van der Waals surface area contributed by atoms with E-state index < -0.39 is 27.6 Å². The minimum absolute atomic E-state index is 0.0240. The van der Waals surface area contributed by atoms with Gasteiger partial charge >= 0.3 is 5.97 Å². The summed E-state index contributed by atoms with van der Waals surface area (Å²) in [5.74, 6) is 0.440. The van der Waals surface area contributed by atoms with E-state index in [1.165, 1.54) is 6.07 Å². The van der Waals surface area contributed by atoms with Crippen LogP contribution in [0.25, 0.3) is 0 Å². The van der Waals surface area contributed by atoms with Crippen molar-refractivity contribution in [3.8, 4) is 5.75 Å². The van der Waals surface area contributed by atoms with Crippen LogP contribution in [0.1, 0.15) is 31.1 Å². The molecule has 1 N–H and O–H groups in total. The summed E-state index contributed by atoms with van der Waals surface area (Å²) in [6, 6.07) is 3.43. The normalized spacial score (nSPS) is 21.4. The molecule has 144 valence electrons. The molecule has 3 heterocycles. The molecule has 1 unspecified atom stereocenters. The third kappa shape index (κ3) is 2.88. The molecule has 2 aromatic rings. The van der Waals surface area contributed by atoms with E-state index >= 15 is 0 Å². The molecule has 0 spiro atoms. The van der Waals surface area contributed by atoms with E-state index in [4.69, 9.17) is 4.74 Å². The number of carbonyl (C=O) groups is 1. The first-order valence-electron chi connectivity index (χ1n) is 8.54. The van der Waals surface area contributed by atoms with Gasteiger partial charge in [0.15, 0.2) is 0 Å². The fourth-order valence-electron chi connectivity index (χ4n) is 3.63. The van der Waals surface area contributed by atoms with Crippen molar-refractivity contribution in [2.75, 3.05) is 0 Å². The van der Waals surface area contributed by atoms with Crippen LogP contribution < -0.4 is 4.74 Å². The second-order valence-corrected chi connectivity index (χ2v) is 9.38. The van der Waals surface area contributed by atoms with Gasteiger partial charge in [0.1, 0.15) is 29.0 Å². The summed E-state index contributed by atoms with van der Waals surface area (Å²) in [7, 11) is -4.03. The Morgan fingerprint density at radius 2 is 2.07 bits per heavy atom. The molecule has 1 atom stereocenters. The van der Waals surface area contributed by atoms with E-state index in [2.05, 4.69) is 10.2 Å². The number of benzene rings is 1. The summed E-state index contributed by atoms with van der Waals surface area (Å²) in [6.45, 7) is 5.41. The lowest BCUT2D eigenvalue weighted by atomic mass is 10.0. The number of aromatic nitrogens is 3. The maximum atomic E-state index is 13.2. The van der Waals surface area contributed by atoms with Crippen LogP contribution in [-0.4, -0.2) is 50.2 Å². The van der Waals surface area contributed by atoms with Crippen molar-refractivity contribution >= 4 is 16.0 Å². The Bertz CT molecular complexity index is 1040. The molecule has 27 heavy (non-hydrogen) atoms. The van der Waals surface area contributed by atoms with E-state index in [1.807, 2.05) is 13.8 Å². The van der Waals surface area contributed by atoms with E-state index in [0.717, 1.165) is 9.87 Å². The molecule has 0 bridgehead atoms. The Labute approximate surface area is 156 Å². The van der Waals surface area contributed by atoms with Gasteiger partial charge in [-0.2, -0.15) is 4.31 Å². The molecule has 0 saturated carbocycles. The summed E-state index contributed by atoms with van der Waals surface area (Å²) >= 11 is 0. The number of hydrogen-bond acceptors (Lipinski definition) is 6. The molecule has 0 radical (unpaired) electrons. The Hall–Kier alpha value is -2.46. The molecule has 1 aromatic heterocycles. The monoisotopic (exact) mass is 392 g/mol. The fourth-order valence-corrected chi connectivity index (χ4v) is 5.21. The highest BCUT2D eigenvalue weighted by atomic mass is 32.2. The molecule has 1 aromatic carbocycles. The third-order valence-corrected chi connectivity index (χ3v) is 6.79. The Balaban J connectivity index is 1.74. The van der Waals surface area contributed by atoms with E-state index in [0.29, 0.717) is 23.8 Å². The summed E-state index contributed by atoms with van der Waals surface area (Å²) < 4.78 is 34.9. The van der Waals surface area contributed by atoms with Gasteiger partial charge in [-0.15, -0.1) is 10.2 Å². The molecule has 0 aliphatic carbocycles. The summed E-state index contributed by atoms with van der Waals surface area (Å²) in [5, 5.41) is 17.5. The predicted molar refractivity (Wildman–Crippen MR) is 93.8 cm³/mol. The lowest BCUT2D eigenvalue weighted by Gasteiger charge is -2.32. The highest BCUT2D eigenvalue weighted by molar-refractivity contribution is 7.89. The van der Waals surface area contributed by atoms with Gasteiger partial charge in [0.05, 0.1) is 18.0 Å². The van der Waals surface area contributed by atoms with Gasteiger partial charge < -0.3 is 14.4 Å². The maximum Gasteiger partial charge on any atom is 0.323 e. The predicted octanol–water partition coefficient (Wildman–Crippen LogP) is 0.958. The fraction of sp³-hybridized carbons (Fsp3) is 0.471. The number of fused-ring (bicyclic) bond motifs is 2. The number of sulfonamides is 1. The van der Waals surface area contributed by atoms with Crippen molar-refractivity contribution < 1.29 is 23.1 Å². The third-order valence-electron chi connectivity index (χ3n) is 4.94. The van der Waals surface area contributed by atoms with Crippen molar-refractivity contribution in [2.45, 2.75) is 56.8 Å². The second-order valence-electron chi connectivity index (χ2n) is 7.49. The standard InChI is InChI=1S/C17H20N4O5S/c1-10-18-19-15-9-21(13(16(22)23)8-20(10)15)27(24,25)12-4-5-14-11(6-12)7-17(2,3)26-14/h4-6,13H,7-9H2,1-3H3,(H,22,23). The Morgan fingerprint density at radius 1 is 1.33 bits per heavy atom. The molecular formula is C17H20N4O5S. The van der Waals surface area contributed by atoms with Crippen LogP contribution in [0.2, 0.25) is 0 Å². The van der Waals surface area contributed by atoms with E-state index in [9.17, 15) is 18.3 Å². The molecule has 10 heteroatoms. The van der Waals surface area contributed by atoms with Crippen LogP contribution in [0, 0.1) is 6.92 Å². The highest BCUT2D eigenvalue weighted by Gasteiger charge is 2.42. The minimum Gasteiger partial charge on any atom is -0.487 e. The van der Waals surface area contributed by atoms with Crippen molar-refractivity contribution in [3.63, 3.8) is 0 Å². The van der Waals surface area contributed by atoms with Crippen molar-refractivity contribution in [2.24, 2.45) is 0 Å². The second kappa shape index (κ2) is 5.77. The molecule has 9 nitrogen and oxygen atoms in total. The maximum absolute atomic E-state index is 13.2. The molecule has 2 aliphatic rings. The number of nitrogens with zero attached hydrogens (tertiary/aromatic N) is 4. The Kier molecular flexibility index (Phi) is 3.83. The first-order valence-corrected chi connectivity index (χ1v) is 9.98. The summed E-state index contributed by atoms with van der Waals surface area (Å²) in [4.78, 5) is 11.8. The molecule has 2 aliphatic heterocycles. The van der Waals surface area contributed by atoms with Gasteiger partial charge in [0.25, 0.3) is 0 Å². The topological polar surface area (TPSA) is 115 Å². The van der Waals surface area contributed by atoms with Gasteiger partial charge in [0.2, 0.25) is 10.0 Å². The first-order chi connectivity index (χ1) is 12.6. The zero-order valence-corrected chi connectivity index (χ0v) is 16.0. The smallest absolute Gasteiger partial charge is 0.323 e. The zero-order valence-electron chi connectivity index (χ0n) is 15.2. The van der Waals surface area contributed by atoms with Crippen LogP contribution in [0.5, 0.6) is 5.75 Å². The van der Waals surface area contributed by atoms with Crippen molar-refractivity contribution in [1.29, 1.82) is 0 Å². The van der Waals surface area contributed by atoms with Gasteiger partial charge in [-0.25, -0.2) is 8.42 Å². The molecule has 4 rings (SSSR count). The SMILES string of the molecule is Cc1nnc2n1CC(C(=O)O)N(S(=O)(=O)c1ccc3c(c1)CC(C)(C)O3)C2. The summed E-state index contributed by atoms with van der Waals surface area (Å²) in [6.07, 6.45) is 0.585. The van der Waals surface area contributed by atoms with Gasteiger partial charge in [-0.05, 0) is 44.5 Å². The number of carboxylic acids is 1. The number of carboxylic acid groups (broad SMARTS) is 1. The van der Waals surface area contributed by atoms with Crippen molar-refractivity contribution in [3.05, 3.63) is 35.4 Å². The number of rotatable bonds is 3. The van der Waals surface area contributed by atoms with Crippen LogP contribution in [0.3, 0.4) is 0 Å². The number of aryl methyl sites for hydroxylation is 1. The van der Waals surface area contributed by atoms with Gasteiger partial charge in [0, 0.05) is 6.42 Å². The van der Waals surface area contributed by atoms with Crippen LogP contribution in [0.15, 0.2) is 23.1 Å². The lowest BCUT2D eigenvalue weighted by molar-refractivity contribution is -0.142. The molecule has 0 fully saturated rings. The van der Waals surface area contributed by atoms with Crippen LogP contribution in [0.4, 0.5) is 0 Å². The van der Waals surface area contributed by atoms with E-state index in [-0.39, 0.29) is 18.0 Å². The van der Waals surface area contributed by atoms with E-state index in [1.54, 1.807) is 23.6 Å². The quantitative estimate of drug-likeness (QED) is 0.827. The zero-order chi connectivity index (χ0) is 19.6. The number of ether oxygens (including phenoxy) is 1. The summed E-state index contributed by atoms with van der Waals surface area (Å²) in [5.41, 5.74) is 0.400. The molecule has 0 saturated heterocycles. The number of hydrogen-bond donors (Lipinski definition) is 1. The average molecular weight is 392 g/mol. The van der Waals surface area contributed by atoms with Crippen LogP contribution >= 0.6 is 0 Å². The minimum atomic E-state index is -4.03. The lowest BCUT2D eigenvalue weighted by Crippen LogP contribution is -2.50.